The molecule has 142 valence electrons. The van der Waals surface area contributed by atoms with Crippen molar-refractivity contribution in [1.29, 1.82) is 0 Å². The molecule has 2 saturated heterocycles. The second-order valence-corrected chi connectivity index (χ2v) is 7.53. The Morgan fingerprint density at radius 3 is 2.44 bits per heavy atom. The minimum Gasteiger partial charge on any atom is -0.355 e. The zero-order valence-corrected chi connectivity index (χ0v) is 15.9. The molecule has 1 atom stereocenters. The first-order chi connectivity index (χ1) is 13.2. The molecule has 3 heterocycles. The number of carbonyl (C=O) groups excluding carboxylic acids is 1. The smallest absolute Gasteiger partial charge is 0.274 e. The summed E-state index contributed by atoms with van der Waals surface area (Å²) in [5, 5.41) is 8.50. The molecular formula is C21H27N5O. The monoisotopic (exact) mass is 365 g/mol. The lowest BCUT2D eigenvalue weighted by Crippen LogP contribution is -2.53. The zero-order valence-electron chi connectivity index (χ0n) is 15.9. The van der Waals surface area contributed by atoms with Crippen LogP contribution in [-0.2, 0) is 6.54 Å². The van der Waals surface area contributed by atoms with E-state index in [0.717, 1.165) is 45.1 Å². The van der Waals surface area contributed by atoms with E-state index in [1.54, 1.807) is 0 Å². The maximum absolute atomic E-state index is 12.8. The van der Waals surface area contributed by atoms with Crippen LogP contribution in [0.2, 0.25) is 0 Å². The number of nitrogens with zero attached hydrogens (tertiary/aromatic N) is 5. The second-order valence-electron chi connectivity index (χ2n) is 7.53. The maximum atomic E-state index is 12.8. The predicted molar refractivity (Wildman–Crippen MR) is 106 cm³/mol. The third-order valence-electron chi connectivity index (χ3n) is 5.58. The van der Waals surface area contributed by atoms with Crippen LogP contribution in [-0.4, -0.2) is 64.7 Å². The number of anilines is 1. The summed E-state index contributed by atoms with van der Waals surface area (Å²) in [7, 11) is 0. The van der Waals surface area contributed by atoms with Crippen LogP contribution in [0.15, 0.2) is 42.5 Å². The molecule has 0 saturated carbocycles. The number of hydrogen-bond acceptors (Lipinski definition) is 5. The summed E-state index contributed by atoms with van der Waals surface area (Å²) in [5.41, 5.74) is 1.76. The Kier molecular flexibility index (Phi) is 5.34. The molecule has 1 unspecified atom stereocenters. The van der Waals surface area contributed by atoms with E-state index in [4.69, 9.17) is 0 Å². The molecule has 4 rings (SSSR count). The summed E-state index contributed by atoms with van der Waals surface area (Å²) in [4.78, 5) is 19.4. The highest BCUT2D eigenvalue weighted by Gasteiger charge is 2.28. The minimum atomic E-state index is -0.0123. The highest BCUT2D eigenvalue weighted by Crippen LogP contribution is 2.18. The Bertz CT molecular complexity index is 758. The molecule has 6 nitrogen and oxygen atoms in total. The van der Waals surface area contributed by atoms with Gasteiger partial charge in [-0.05, 0) is 37.5 Å². The summed E-state index contributed by atoms with van der Waals surface area (Å²) in [5.74, 6) is 0.867. The summed E-state index contributed by atoms with van der Waals surface area (Å²) in [6.07, 6.45) is 2.40. The average Bonchev–Trinajstić information content (AvgIpc) is 3.25. The van der Waals surface area contributed by atoms with Crippen molar-refractivity contribution in [2.45, 2.75) is 32.4 Å². The van der Waals surface area contributed by atoms with Crippen molar-refractivity contribution in [3.63, 3.8) is 0 Å². The predicted octanol–water partition coefficient (Wildman–Crippen LogP) is 2.42. The molecule has 2 aliphatic rings. The lowest BCUT2D eigenvalue weighted by Gasteiger charge is -2.39. The van der Waals surface area contributed by atoms with Crippen molar-refractivity contribution in [2.24, 2.45) is 0 Å². The van der Waals surface area contributed by atoms with E-state index in [0.29, 0.717) is 11.7 Å². The number of piperazine rings is 1. The van der Waals surface area contributed by atoms with Gasteiger partial charge in [-0.2, -0.15) is 0 Å². The van der Waals surface area contributed by atoms with Crippen molar-refractivity contribution in [3.05, 3.63) is 53.7 Å². The Morgan fingerprint density at radius 1 is 1.00 bits per heavy atom. The number of aromatic nitrogens is 2. The Hall–Kier alpha value is -2.47. The Balaban J connectivity index is 1.36. The Morgan fingerprint density at radius 2 is 1.78 bits per heavy atom. The van der Waals surface area contributed by atoms with E-state index in [2.05, 4.69) is 51.2 Å². The first-order valence-electron chi connectivity index (χ1n) is 9.86. The van der Waals surface area contributed by atoms with Crippen molar-refractivity contribution in [2.75, 3.05) is 37.6 Å². The molecule has 0 radical (unpaired) electrons. The van der Waals surface area contributed by atoms with Gasteiger partial charge in [0, 0.05) is 45.3 Å². The van der Waals surface area contributed by atoms with Gasteiger partial charge in [-0.25, -0.2) is 0 Å². The van der Waals surface area contributed by atoms with Crippen LogP contribution in [0.3, 0.4) is 0 Å². The van der Waals surface area contributed by atoms with Crippen LogP contribution < -0.4 is 4.90 Å². The minimum absolute atomic E-state index is 0.0123. The van der Waals surface area contributed by atoms with Gasteiger partial charge in [0.25, 0.3) is 5.91 Å². The molecule has 1 aromatic carbocycles. The third-order valence-corrected chi connectivity index (χ3v) is 5.58. The van der Waals surface area contributed by atoms with Crippen LogP contribution in [0.25, 0.3) is 0 Å². The molecule has 1 aromatic heterocycles. The zero-order chi connectivity index (χ0) is 18.6. The normalized spacial score (nSPS) is 20.9. The standard InChI is InChI=1S/C21H27N5O/c1-17-15-26(14-13-25(17)16-18-7-3-2-4-8-18)21(27)19-9-10-20(23-22-19)24-11-5-6-12-24/h2-4,7-10,17H,5-6,11-16H2,1H3. The van der Waals surface area contributed by atoms with Crippen molar-refractivity contribution in [3.8, 4) is 0 Å². The van der Waals surface area contributed by atoms with Gasteiger partial charge in [0.1, 0.15) is 0 Å². The average molecular weight is 365 g/mol. The SMILES string of the molecule is CC1CN(C(=O)c2ccc(N3CCCC3)nn2)CCN1Cc1ccccc1. The van der Waals surface area contributed by atoms with E-state index in [9.17, 15) is 4.79 Å². The summed E-state index contributed by atoms with van der Waals surface area (Å²) in [6, 6.07) is 14.6. The van der Waals surface area contributed by atoms with Gasteiger partial charge in [-0.15, -0.1) is 10.2 Å². The summed E-state index contributed by atoms with van der Waals surface area (Å²) < 4.78 is 0. The summed E-state index contributed by atoms with van der Waals surface area (Å²) >= 11 is 0. The lowest BCUT2D eigenvalue weighted by molar-refractivity contribution is 0.0489. The van der Waals surface area contributed by atoms with Crippen LogP contribution >= 0.6 is 0 Å². The molecule has 2 fully saturated rings. The molecule has 0 aliphatic carbocycles. The molecule has 2 aromatic rings. The molecule has 1 amide bonds. The lowest BCUT2D eigenvalue weighted by atomic mass is 10.1. The molecule has 0 bridgehead atoms. The number of hydrogen-bond donors (Lipinski definition) is 0. The Labute approximate surface area is 160 Å². The quantitative estimate of drug-likeness (QED) is 0.833. The van der Waals surface area contributed by atoms with Crippen LogP contribution in [0.5, 0.6) is 0 Å². The van der Waals surface area contributed by atoms with Crippen molar-refractivity contribution >= 4 is 11.7 Å². The van der Waals surface area contributed by atoms with Gasteiger partial charge < -0.3 is 9.80 Å². The van der Waals surface area contributed by atoms with E-state index in [1.165, 1.54) is 18.4 Å². The van der Waals surface area contributed by atoms with Gasteiger partial charge in [0.15, 0.2) is 11.5 Å². The molecule has 0 spiro atoms. The molecule has 27 heavy (non-hydrogen) atoms. The van der Waals surface area contributed by atoms with Gasteiger partial charge in [-0.3, -0.25) is 9.69 Å². The molecule has 0 N–H and O–H groups in total. The fourth-order valence-electron chi connectivity index (χ4n) is 3.95. The van der Waals surface area contributed by atoms with E-state index < -0.39 is 0 Å². The number of rotatable bonds is 4. The van der Waals surface area contributed by atoms with E-state index in [1.807, 2.05) is 23.1 Å². The third kappa shape index (κ3) is 4.11. The van der Waals surface area contributed by atoms with Crippen molar-refractivity contribution in [1.82, 2.24) is 20.0 Å². The number of carbonyl (C=O) groups is 1. The van der Waals surface area contributed by atoms with Gasteiger partial charge >= 0.3 is 0 Å². The highest BCUT2D eigenvalue weighted by atomic mass is 16.2. The first-order valence-corrected chi connectivity index (χ1v) is 9.86. The second kappa shape index (κ2) is 8.05. The topological polar surface area (TPSA) is 52.6 Å². The van der Waals surface area contributed by atoms with Gasteiger partial charge in [0.2, 0.25) is 0 Å². The van der Waals surface area contributed by atoms with Crippen LogP contribution in [0, 0.1) is 0 Å². The van der Waals surface area contributed by atoms with E-state index in [-0.39, 0.29) is 5.91 Å². The molecule has 2 aliphatic heterocycles. The number of amides is 1. The fraction of sp³-hybridized carbons (Fsp3) is 0.476. The molecule has 6 heteroatoms. The fourth-order valence-corrected chi connectivity index (χ4v) is 3.95. The van der Waals surface area contributed by atoms with Crippen LogP contribution in [0.1, 0.15) is 35.8 Å². The van der Waals surface area contributed by atoms with Crippen LogP contribution in [0.4, 0.5) is 5.82 Å². The first kappa shape index (κ1) is 17.9. The van der Waals surface area contributed by atoms with Gasteiger partial charge in [-0.1, -0.05) is 30.3 Å². The molecular weight excluding hydrogens is 338 g/mol. The largest absolute Gasteiger partial charge is 0.355 e. The van der Waals surface area contributed by atoms with E-state index >= 15 is 0 Å². The number of benzene rings is 1. The van der Waals surface area contributed by atoms with Gasteiger partial charge in [0.05, 0.1) is 0 Å². The van der Waals surface area contributed by atoms with Crippen molar-refractivity contribution < 1.29 is 4.79 Å². The summed E-state index contributed by atoms with van der Waals surface area (Å²) in [6.45, 7) is 7.50. The highest BCUT2D eigenvalue weighted by molar-refractivity contribution is 5.92. The maximum Gasteiger partial charge on any atom is 0.274 e.